The summed E-state index contributed by atoms with van der Waals surface area (Å²) in [4.78, 5) is 8.79. The molecule has 1 heterocycles. The highest BCUT2D eigenvalue weighted by Crippen LogP contribution is 2.38. The van der Waals surface area contributed by atoms with E-state index in [0.717, 1.165) is 29.3 Å². The van der Waals surface area contributed by atoms with Gasteiger partial charge < -0.3 is 14.8 Å². The van der Waals surface area contributed by atoms with Gasteiger partial charge in [0, 0.05) is 17.1 Å². The van der Waals surface area contributed by atoms with Crippen LogP contribution in [0.1, 0.15) is 24.8 Å². The molecule has 3 aromatic carbocycles. The molecule has 0 unspecified atom stereocenters. The summed E-state index contributed by atoms with van der Waals surface area (Å²) in [6.45, 7) is 0.414. The van der Waals surface area contributed by atoms with E-state index in [-0.39, 0.29) is 11.1 Å². The number of nitrogens with one attached hydrogen (secondary N) is 1. The highest BCUT2D eigenvalue weighted by molar-refractivity contribution is 6.31. The van der Waals surface area contributed by atoms with Crippen molar-refractivity contribution in [2.75, 3.05) is 5.32 Å². The van der Waals surface area contributed by atoms with Crippen LogP contribution in [0.3, 0.4) is 0 Å². The smallest absolute Gasteiger partial charge is 0.163 e. The molecule has 0 aliphatic heterocycles. The Morgan fingerprint density at radius 1 is 1.00 bits per heavy atom. The lowest BCUT2D eigenvalue weighted by Gasteiger charge is -2.27. The van der Waals surface area contributed by atoms with Gasteiger partial charge in [-0.25, -0.2) is 14.4 Å². The topological polar surface area (TPSA) is 56.3 Å². The minimum atomic E-state index is -0.473. The average Bonchev–Trinajstić information content (AvgIpc) is 2.78. The average molecular weight is 450 g/mol. The first-order valence-corrected chi connectivity index (χ1v) is 10.9. The number of aromatic nitrogens is 2. The molecule has 32 heavy (non-hydrogen) atoms. The number of nitrogens with zero attached hydrogens (tertiary/aromatic N) is 2. The van der Waals surface area contributed by atoms with E-state index in [1.807, 2.05) is 42.5 Å². The van der Waals surface area contributed by atoms with Gasteiger partial charge >= 0.3 is 0 Å². The lowest BCUT2D eigenvalue weighted by molar-refractivity contribution is 0.114. The van der Waals surface area contributed by atoms with Crippen LogP contribution in [0.4, 0.5) is 15.9 Å². The molecule has 5 nitrogen and oxygen atoms in total. The van der Waals surface area contributed by atoms with Crippen molar-refractivity contribution < 1.29 is 13.9 Å². The Labute approximate surface area is 190 Å². The lowest BCUT2D eigenvalue weighted by atomic mass is 9.96. The molecule has 5 rings (SSSR count). The van der Waals surface area contributed by atoms with Crippen molar-refractivity contribution in [1.82, 2.24) is 9.97 Å². The molecule has 1 aromatic heterocycles. The molecular formula is C25H21ClFN3O2. The lowest BCUT2D eigenvalue weighted by Crippen LogP contribution is -2.24. The first-order valence-electron chi connectivity index (χ1n) is 10.5. The third-order valence-corrected chi connectivity index (χ3v) is 5.76. The van der Waals surface area contributed by atoms with Crippen molar-refractivity contribution in [2.24, 2.45) is 0 Å². The van der Waals surface area contributed by atoms with Gasteiger partial charge in [-0.1, -0.05) is 41.9 Å². The Bertz CT molecular complexity index is 1250. The minimum absolute atomic E-state index is 0.0384. The van der Waals surface area contributed by atoms with E-state index in [0.29, 0.717) is 29.6 Å². The first-order chi connectivity index (χ1) is 15.7. The number of hydrogen-bond acceptors (Lipinski definition) is 5. The van der Waals surface area contributed by atoms with Gasteiger partial charge in [0.25, 0.3) is 0 Å². The van der Waals surface area contributed by atoms with Crippen molar-refractivity contribution >= 4 is 34.0 Å². The number of rotatable bonds is 7. The molecule has 1 fully saturated rings. The number of ether oxygens (including phenoxy) is 2. The van der Waals surface area contributed by atoms with Gasteiger partial charge in [0.2, 0.25) is 0 Å². The molecule has 1 saturated carbocycles. The van der Waals surface area contributed by atoms with E-state index >= 15 is 0 Å². The van der Waals surface area contributed by atoms with Crippen molar-refractivity contribution in [1.29, 1.82) is 0 Å². The fourth-order valence-corrected chi connectivity index (χ4v) is 3.66. The zero-order valence-corrected chi connectivity index (χ0v) is 18.0. The number of halogens is 2. The second-order valence-electron chi connectivity index (χ2n) is 7.74. The van der Waals surface area contributed by atoms with Crippen molar-refractivity contribution in [3.63, 3.8) is 0 Å². The van der Waals surface area contributed by atoms with Crippen LogP contribution in [0.5, 0.6) is 11.5 Å². The Hall–Kier alpha value is -3.38. The number of hydrogen-bond donors (Lipinski definition) is 1. The summed E-state index contributed by atoms with van der Waals surface area (Å²) in [6.07, 6.45) is 4.94. The normalized spacial score (nSPS) is 13.6. The zero-order chi connectivity index (χ0) is 21.9. The molecule has 0 atom stereocenters. The second-order valence-corrected chi connectivity index (χ2v) is 8.14. The first kappa shape index (κ1) is 20.5. The fraction of sp³-hybridized carbons (Fsp3) is 0.200. The fourth-order valence-electron chi connectivity index (χ4n) is 3.48. The standard InChI is InChI=1S/C25H21ClFN3O2/c26-20-11-17(9-10-21(20)27)30-25-19-12-23(31-14-16-5-2-1-3-6-16)24(32-18-7-4-8-18)13-22(19)28-15-29-25/h1-3,5-6,9-13,15,18H,4,7-8,14H2,(H,28,29,30). The molecule has 0 amide bonds. The summed E-state index contributed by atoms with van der Waals surface area (Å²) in [5, 5.41) is 4.00. The van der Waals surface area contributed by atoms with Crippen LogP contribution < -0.4 is 14.8 Å². The maximum absolute atomic E-state index is 13.5. The molecule has 1 aliphatic carbocycles. The van der Waals surface area contributed by atoms with Gasteiger partial charge in [-0.2, -0.15) is 0 Å². The predicted molar refractivity (Wildman–Crippen MR) is 123 cm³/mol. The summed E-state index contributed by atoms with van der Waals surface area (Å²) >= 11 is 5.93. The second kappa shape index (κ2) is 9.01. The zero-order valence-electron chi connectivity index (χ0n) is 17.2. The van der Waals surface area contributed by atoms with Gasteiger partial charge in [-0.15, -0.1) is 0 Å². The molecule has 0 bridgehead atoms. The number of anilines is 2. The van der Waals surface area contributed by atoms with Gasteiger partial charge in [0.1, 0.15) is 24.6 Å². The SMILES string of the molecule is Fc1ccc(Nc2ncnc3cc(OC4CCC4)c(OCc4ccccc4)cc23)cc1Cl. The maximum Gasteiger partial charge on any atom is 0.163 e. The van der Waals surface area contributed by atoms with Crippen LogP contribution in [0.2, 0.25) is 5.02 Å². The largest absolute Gasteiger partial charge is 0.486 e. The Kier molecular flexibility index (Phi) is 5.77. The van der Waals surface area contributed by atoms with E-state index in [1.165, 1.54) is 24.9 Å². The van der Waals surface area contributed by atoms with Crippen LogP contribution in [-0.4, -0.2) is 16.1 Å². The van der Waals surface area contributed by atoms with Crippen molar-refractivity contribution in [3.8, 4) is 11.5 Å². The van der Waals surface area contributed by atoms with Crippen LogP contribution in [0.15, 0.2) is 67.0 Å². The monoisotopic (exact) mass is 449 g/mol. The minimum Gasteiger partial charge on any atom is -0.486 e. The van der Waals surface area contributed by atoms with Crippen LogP contribution in [0.25, 0.3) is 10.9 Å². The third-order valence-electron chi connectivity index (χ3n) is 5.47. The van der Waals surface area contributed by atoms with E-state index in [9.17, 15) is 4.39 Å². The molecule has 1 aliphatic rings. The molecule has 0 radical (unpaired) electrons. The summed E-state index contributed by atoms with van der Waals surface area (Å²) in [5.41, 5.74) is 2.40. The van der Waals surface area contributed by atoms with E-state index in [4.69, 9.17) is 21.1 Å². The highest BCUT2D eigenvalue weighted by Gasteiger charge is 2.22. The van der Waals surface area contributed by atoms with Gasteiger partial charge in [-0.05, 0) is 49.1 Å². The summed E-state index contributed by atoms with van der Waals surface area (Å²) in [5.74, 6) is 1.40. The number of fused-ring (bicyclic) bond motifs is 1. The summed E-state index contributed by atoms with van der Waals surface area (Å²) < 4.78 is 25.9. The van der Waals surface area contributed by atoms with E-state index < -0.39 is 5.82 Å². The predicted octanol–water partition coefficient (Wildman–Crippen LogP) is 6.68. The van der Waals surface area contributed by atoms with Crippen molar-refractivity contribution in [3.05, 3.63) is 83.4 Å². The van der Waals surface area contributed by atoms with Gasteiger partial charge in [-0.3, -0.25) is 0 Å². The Morgan fingerprint density at radius 3 is 2.59 bits per heavy atom. The van der Waals surface area contributed by atoms with Crippen LogP contribution in [0, 0.1) is 5.82 Å². The van der Waals surface area contributed by atoms with Crippen LogP contribution in [-0.2, 0) is 6.61 Å². The van der Waals surface area contributed by atoms with E-state index in [1.54, 1.807) is 6.07 Å². The van der Waals surface area contributed by atoms with Crippen molar-refractivity contribution in [2.45, 2.75) is 32.0 Å². The Balaban J connectivity index is 1.50. The number of benzene rings is 3. The molecule has 1 N–H and O–H groups in total. The highest BCUT2D eigenvalue weighted by atomic mass is 35.5. The summed E-state index contributed by atoms with van der Waals surface area (Å²) in [7, 11) is 0. The molecule has 0 spiro atoms. The molecule has 162 valence electrons. The van der Waals surface area contributed by atoms with Crippen LogP contribution >= 0.6 is 11.6 Å². The molecular weight excluding hydrogens is 429 g/mol. The molecule has 7 heteroatoms. The summed E-state index contributed by atoms with van der Waals surface area (Å²) in [6, 6.07) is 18.2. The maximum atomic E-state index is 13.5. The molecule has 4 aromatic rings. The quantitative estimate of drug-likeness (QED) is 0.341. The Morgan fingerprint density at radius 2 is 1.84 bits per heavy atom. The molecule has 0 saturated heterocycles. The van der Waals surface area contributed by atoms with Gasteiger partial charge in [0.15, 0.2) is 11.5 Å². The third kappa shape index (κ3) is 4.46. The van der Waals surface area contributed by atoms with Gasteiger partial charge in [0.05, 0.1) is 16.6 Å². The van der Waals surface area contributed by atoms with E-state index in [2.05, 4.69) is 15.3 Å².